The number of urea groups is 1. The van der Waals surface area contributed by atoms with Crippen LogP contribution in [0.1, 0.15) is 5.69 Å². The lowest BCUT2D eigenvalue weighted by Gasteiger charge is -2.10. The Hall–Kier alpha value is -2.76. The number of rotatable bonds is 6. The van der Waals surface area contributed by atoms with E-state index in [9.17, 15) is 4.79 Å². The fraction of sp³-hybridized carbons (Fsp3) is 0.250. The predicted octanol–water partition coefficient (Wildman–Crippen LogP) is 2.63. The van der Waals surface area contributed by atoms with E-state index in [1.54, 1.807) is 19.2 Å². The van der Waals surface area contributed by atoms with Gasteiger partial charge in [0.2, 0.25) is 0 Å². The molecule has 0 atom stereocenters. The number of nitrogens with zero attached hydrogens (tertiary/aromatic N) is 1. The van der Waals surface area contributed by atoms with Crippen molar-refractivity contribution in [2.45, 2.75) is 6.92 Å². The van der Waals surface area contributed by atoms with Gasteiger partial charge in [-0.1, -0.05) is 12.1 Å². The maximum atomic E-state index is 11.8. The molecule has 0 fully saturated rings. The molecule has 0 saturated carbocycles. The molecule has 6 heteroatoms. The van der Waals surface area contributed by atoms with Crippen molar-refractivity contribution in [2.24, 2.45) is 0 Å². The summed E-state index contributed by atoms with van der Waals surface area (Å²) in [7, 11) is 1.59. The van der Waals surface area contributed by atoms with Crippen LogP contribution >= 0.6 is 0 Å². The van der Waals surface area contributed by atoms with Crippen molar-refractivity contribution in [1.29, 1.82) is 0 Å². The van der Waals surface area contributed by atoms with Gasteiger partial charge in [0, 0.05) is 30.5 Å². The first-order valence-corrected chi connectivity index (χ1v) is 7.04. The highest BCUT2D eigenvalue weighted by Crippen LogP contribution is 2.16. The lowest BCUT2D eigenvalue weighted by Crippen LogP contribution is -2.32. The minimum atomic E-state index is -0.257. The third-order valence-corrected chi connectivity index (χ3v) is 2.93. The van der Waals surface area contributed by atoms with E-state index in [-0.39, 0.29) is 6.03 Å². The van der Waals surface area contributed by atoms with E-state index in [0.29, 0.717) is 24.5 Å². The first-order valence-electron chi connectivity index (χ1n) is 7.04. The maximum absolute atomic E-state index is 11.8. The number of hydrogen-bond donors (Lipinski definition) is 3. The van der Waals surface area contributed by atoms with E-state index in [2.05, 4.69) is 20.9 Å². The summed E-state index contributed by atoms with van der Waals surface area (Å²) in [6, 6.07) is 12.7. The lowest BCUT2D eigenvalue weighted by atomic mass is 10.3. The number of aryl methyl sites for hydroxylation is 1. The molecule has 22 heavy (non-hydrogen) atoms. The van der Waals surface area contributed by atoms with Crippen LogP contribution in [0.5, 0.6) is 5.75 Å². The van der Waals surface area contributed by atoms with Crippen LogP contribution in [-0.4, -0.2) is 31.2 Å². The minimum Gasteiger partial charge on any atom is -0.497 e. The Morgan fingerprint density at radius 3 is 2.77 bits per heavy atom. The highest BCUT2D eigenvalue weighted by Gasteiger charge is 2.02. The SMILES string of the molecule is COc1cccc(NC(=O)NCCNc2cccc(C)n2)c1. The van der Waals surface area contributed by atoms with Crippen LogP contribution in [-0.2, 0) is 0 Å². The highest BCUT2D eigenvalue weighted by atomic mass is 16.5. The molecule has 0 bridgehead atoms. The topological polar surface area (TPSA) is 75.3 Å². The highest BCUT2D eigenvalue weighted by molar-refractivity contribution is 5.89. The summed E-state index contributed by atoms with van der Waals surface area (Å²) in [4.78, 5) is 16.1. The third-order valence-electron chi connectivity index (χ3n) is 2.93. The normalized spacial score (nSPS) is 9.91. The quantitative estimate of drug-likeness (QED) is 0.717. The average molecular weight is 300 g/mol. The zero-order valence-corrected chi connectivity index (χ0v) is 12.7. The van der Waals surface area contributed by atoms with E-state index < -0.39 is 0 Å². The number of carbonyl (C=O) groups is 1. The van der Waals surface area contributed by atoms with Crippen molar-refractivity contribution in [1.82, 2.24) is 10.3 Å². The third kappa shape index (κ3) is 4.97. The first kappa shape index (κ1) is 15.6. The number of hydrogen-bond acceptors (Lipinski definition) is 4. The van der Waals surface area contributed by atoms with Gasteiger partial charge < -0.3 is 20.7 Å². The van der Waals surface area contributed by atoms with Crippen LogP contribution in [0, 0.1) is 6.92 Å². The summed E-state index contributed by atoms with van der Waals surface area (Å²) >= 11 is 0. The number of carbonyl (C=O) groups excluding carboxylic acids is 1. The molecule has 2 rings (SSSR count). The Kier molecular flexibility index (Phi) is 5.59. The van der Waals surface area contributed by atoms with Crippen LogP contribution < -0.4 is 20.7 Å². The molecule has 0 radical (unpaired) electrons. The van der Waals surface area contributed by atoms with Crippen molar-refractivity contribution >= 4 is 17.5 Å². The molecule has 116 valence electrons. The standard InChI is InChI=1S/C16H20N4O2/c1-12-5-3-8-15(19-12)17-9-10-18-16(21)20-13-6-4-7-14(11-13)22-2/h3-8,11H,9-10H2,1-2H3,(H,17,19)(H2,18,20,21). The Balaban J connectivity index is 1.71. The second-order valence-electron chi connectivity index (χ2n) is 4.70. The molecule has 0 aliphatic carbocycles. The second-order valence-corrected chi connectivity index (χ2v) is 4.70. The van der Waals surface area contributed by atoms with Crippen molar-refractivity contribution in [3.05, 3.63) is 48.2 Å². The van der Waals surface area contributed by atoms with Crippen LogP contribution in [0.3, 0.4) is 0 Å². The molecule has 1 heterocycles. The van der Waals surface area contributed by atoms with Gasteiger partial charge in [0.25, 0.3) is 0 Å². The molecule has 0 spiro atoms. The molecule has 0 unspecified atom stereocenters. The molecule has 0 aliphatic heterocycles. The molecule has 3 N–H and O–H groups in total. The van der Waals surface area contributed by atoms with Crippen molar-refractivity contribution < 1.29 is 9.53 Å². The van der Waals surface area contributed by atoms with Crippen molar-refractivity contribution in [2.75, 3.05) is 30.8 Å². The molecule has 1 aromatic carbocycles. The fourth-order valence-corrected chi connectivity index (χ4v) is 1.88. The van der Waals surface area contributed by atoms with E-state index >= 15 is 0 Å². The zero-order valence-electron chi connectivity index (χ0n) is 12.7. The molecule has 0 aliphatic rings. The Labute approximate surface area is 129 Å². The molecular weight excluding hydrogens is 280 g/mol. The van der Waals surface area contributed by atoms with Gasteiger partial charge in [-0.15, -0.1) is 0 Å². The monoisotopic (exact) mass is 300 g/mol. The predicted molar refractivity (Wildman–Crippen MR) is 87.5 cm³/mol. The number of ether oxygens (including phenoxy) is 1. The number of nitrogens with one attached hydrogen (secondary N) is 3. The first-order chi connectivity index (χ1) is 10.7. The second kappa shape index (κ2) is 7.87. The molecule has 0 saturated heterocycles. The Bertz CT molecular complexity index is 631. The largest absolute Gasteiger partial charge is 0.497 e. The van der Waals surface area contributed by atoms with Gasteiger partial charge in [-0.05, 0) is 31.2 Å². The number of benzene rings is 1. The number of pyridine rings is 1. The van der Waals surface area contributed by atoms with Gasteiger partial charge in [-0.3, -0.25) is 0 Å². The summed E-state index contributed by atoms with van der Waals surface area (Å²) in [6.07, 6.45) is 0. The fourth-order valence-electron chi connectivity index (χ4n) is 1.88. The number of aromatic nitrogens is 1. The van der Waals surface area contributed by atoms with Crippen LogP contribution in [0.4, 0.5) is 16.3 Å². The smallest absolute Gasteiger partial charge is 0.319 e. The number of methoxy groups -OCH3 is 1. The molecule has 6 nitrogen and oxygen atoms in total. The summed E-state index contributed by atoms with van der Waals surface area (Å²) in [5, 5.41) is 8.67. The van der Waals surface area contributed by atoms with E-state index in [1.165, 1.54) is 0 Å². The average Bonchev–Trinajstić information content (AvgIpc) is 2.52. The zero-order chi connectivity index (χ0) is 15.8. The molecule has 2 aromatic rings. The molecule has 2 amide bonds. The van der Waals surface area contributed by atoms with E-state index in [0.717, 1.165) is 11.5 Å². The lowest BCUT2D eigenvalue weighted by molar-refractivity contribution is 0.252. The summed E-state index contributed by atoms with van der Waals surface area (Å²) in [6.45, 7) is 3.03. The van der Waals surface area contributed by atoms with E-state index in [4.69, 9.17) is 4.74 Å². The van der Waals surface area contributed by atoms with E-state index in [1.807, 2.05) is 37.3 Å². The summed E-state index contributed by atoms with van der Waals surface area (Å²) in [5.74, 6) is 1.50. The van der Waals surface area contributed by atoms with Gasteiger partial charge in [-0.2, -0.15) is 0 Å². The number of anilines is 2. The van der Waals surface area contributed by atoms with Gasteiger partial charge in [0.15, 0.2) is 0 Å². The summed E-state index contributed by atoms with van der Waals surface area (Å²) < 4.78 is 5.10. The van der Waals surface area contributed by atoms with Crippen LogP contribution in [0.15, 0.2) is 42.5 Å². The Morgan fingerprint density at radius 2 is 2.00 bits per heavy atom. The van der Waals surface area contributed by atoms with Gasteiger partial charge in [0.05, 0.1) is 7.11 Å². The minimum absolute atomic E-state index is 0.257. The maximum Gasteiger partial charge on any atom is 0.319 e. The molecule has 1 aromatic heterocycles. The molecular formula is C16H20N4O2. The number of amides is 2. The van der Waals surface area contributed by atoms with Crippen LogP contribution in [0.25, 0.3) is 0 Å². The van der Waals surface area contributed by atoms with Gasteiger partial charge in [0.1, 0.15) is 11.6 Å². The van der Waals surface area contributed by atoms with Crippen LogP contribution in [0.2, 0.25) is 0 Å². The van der Waals surface area contributed by atoms with Crippen molar-refractivity contribution in [3.63, 3.8) is 0 Å². The van der Waals surface area contributed by atoms with Crippen molar-refractivity contribution in [3.8, 4) is 5.75 Å². The summed E-state index contributed by atoms with van der Waals surface area (Å²) in [5.41, 5.74) is 1.64. The van der Waals surface area contributed by atoms with Gasteiger partial charge in [-0.25, -0.2) is 9.78 Å². The van der Waals surface area contributed by atoms with Gasteiger partial charge >= 0.3 is 6.03 Å². The Morgan fingerprint density at radius 1 is 1.18 bits per heavy atom.